The van der Waals surface area contributed by atoms with Crippen LogP contribution in [0.1, 0.15) is 31.9 Å². The first-order valence-corrected chi connectivity index (χ1v) is 13.6. The maximum atomic E-state index is 7.48. The van der Waals surface area contributed by atoms with Crippen LogP contribution in [-0.2, 0) is 7.05 Å². The van der Waals surface area contributed by atoms with Crippen LogP contribution in [0, 0.1) is 25.8 Å². The number of rotatable bonds is 3. The fourth-order valence-corrected chi connectivity index (χ4v) is 8.64. The van der Waals surface area contributed by atoms with Crippen molar-refractivity contribution < 1.29 is 4.57 Å². The van der Waals surface area contributed by atoms with Crippen LogP contribution in [0.3, 0.4) is 0 Å². The molecule has 0 aliphatic rings. The van der Waals surface area contributed by atoms with Crippen LogP contribution in [0.2, 0.25) is 19.1 Å². The van der Waals surface area contributed by atoms with Gasteiger partial charge in [-0.15, -0.1) is 0 Å². The Kier molecular flexibility index (Phi) is 5.45. The van der Waals surface area contributed by atoms with Crippen LogP contribution in [0.25, 0.3) is 26.9 Å². The Hall–Kier alpha value is -2.44. The zero-order valence-electron chi connectivity index (χ0n) is 19.1. The molecular formula is C26H33N2Si+. The summed E-state index contributed by atoms with van der Waals surface area (Å²) in [6.07, 6.45) is 2.15. The van der Waals surface area contributed by atoms with Crippen LogP contribution in [-0.4, -0.2) is 8.07 Å². The SMILES string of the molecule is [C-]#[N+]c1cc(C)c(C)c(-c2c3ccc([Si](C)(C)CC(C)(C)C)cc3cc[n+]2C)c1. The number of fused-ring (bicyclic) bond motifs is 1. The highest BCUT2D eigenvalue weighted by molar-refractivity contribution is 6.90. The summed E-state index contributed by atoms with van der Waals surface area (Å²) in [5.74, 6) is 0. The van der Waals surface area contributed by atoms with Gasteiger partial charge in [-0.05, 0) is 48.4 Å². The van der Waals surface area contributed by atoms with Crippen molar-refractivity contribution in [2.24, 2.45) is 12.5 Å². The van der Waals surface area contributed by atoms with Gasteiger partial charge in [-0.3, -0.25) is 0 Å². The third kappa shape index (κ3) is 4.28. The average Bonchev–Trinajstić information content (AvgIpc) is 2.62. The van der Waals surface area contributed by atoms with Crippen molar-refractivity contribution >= 4 is 29.7 Å². The molecule has 1 heterocycles. The number of pyridine rings is 1. The van der Waals surface area contributed by atoms with Crippen LogP contribution in [0.5, 0.6) is 0 Å². The molecule has 0 amide bonds. The van der Waals surface area contributed by atoms with Crippen molar-refractivity contribution in [2.45, 2.75) is 53.8 Å². The molecule has 0 saturated heterocycles. The number of nitrogens with zero attached hydrogens (tertiary/aromatic N) is 2. The van der Waals surface area contributed by atoms with Crippen molar-refractivity contribution in [2.75, 3.05) is 0 Å². The van der Waals surface area contributed by atoms with Gasteiger partial charge in [0.25, 0.3) is 0 Å². The fourth-order valence-electron chi connectivity index (χ4n) is 4.71. The molecule has 0 unspecified atom stereocenters. The summed E-state index contributed by atoms with van der Waals surface area (Å²) in [7, 11) is 0.574. The van der Waals surface area contributed by atoms with Crippen LogP contribution in [0.4, 0.5) is 5.69 Å². The summed E-state index contributed by atoms with van der Waals surface area (Å²) in [6, 6.07) is 14.6. The van der Waals surface area contributed by atoms with Gasteiger partial charge in [-0.25, -0.2) is 9.41 Å². The second-order valence-electron chi connectivity index (χ2n) is 10.2. The van der Waals surface area contributed by atoms with Crippen LogP contribution >= 0.6 is 0 Å². The minimum atomic E-state index is -1.52. The number of aromatic nitrogens is 1. The van der Waals surface area contributed by atoms with Crippen molar-refractivity contribution in [3.63, 3.8) is 0 Å². The first kappa shape index (κ1) is 21.3. The standard InChI is InChI=1S/C26H33N2Si/c1-18-14-21(27-6)16-24(19(18)2)25-23-11-10-22(15-20(23)12-13-28(25)7)29(8,9)17-26(3,4)5/h10-16H,17H2,1-5,7-9H3/q+1. The van der Waals surface area contributed by atoms with Gasteiger partial charge in [0, 0.05) is 11.6 Å². The van der Waals surface area contributed by atoms with E-state index in [-0.39, 0.29) is 0 Å². The Morgan fingerprint density at radius 2 is 1.72 bits per heavy atom. The topological polar surface area (TPSA) is 8.24 Å². The van der Waals surface area contributed by atoms with Crippen molar-refractivity contribution in [3.05, 3.63) is 65.1 Å². The Labute approximate surface area is 177 Å². The van der Waals surface area contributed by atoms with Crippen LogP contribution < -0.4 is 9.75 Å². The van der Waals surface area contributed by atoms with Gasteiger partial charge < -0.3 is 0 Å². The molecule has 2 aromatic carbocycles. The number of benzene rings is 2. The smallest absolute Gasteiger partial charge is 0.219 e. The molecule has 29 heavy (non-hydrogen) atoms. The lowest BCUT2D eigenvalue weighted by Crippen LogP contribution is -2.44. The van der Waals surface area contributed by atoms with Gasteiger partial charge in [-0.1, -0.05) is 62.8 Å². The van der Waals surface area contributed by atoms with E-state index in [1.165, 1.54) is 38.8 Å². The molecule has 0 atom stereocenters. The summed E-state index contributed by atoms with van der Waals surface area (Å²) < 4.78 is 2.19. The molecule has 3 heteroatoms. The second kappa shape index (κ2) is 7.43. The van der Waals surface area contributed by atoms with Crippen LogP contribution in [0.15, 0.2) is 42.6 Å². The maximum Gasteiger partial charge on any atom is 0.219 e. The highest BCUT2D eigenvalue weighted by Crippen LogP contribution is 2.33. The Morgan fingerprint density at radius 1 is 1.03 bits per heavy atom. The van der Waals surface area contributed by atoms with E-state index in [1.807, 2.05) is 12.1 Å². The van der Waals surface area contributed by atoms with Gasteiger partial charge in [-0.2, -0.15) is 0 Å². The van der Waals surface area contributed by atoms with E-state index in [4.69, 9.17) is 6.57 Å². The minimum Gasteiger partial charge on any atom is -0.238 e. The Bertz CT molecular complexity index is 1130. The summed E-state index contributed by atoms with van der Waals surface area (Å²) >= 11 is 0. The lowest BCUT2D eigenvalue weighted by atomic mass is 9.96. The van der Waals surface area contributed by atoms with E-state index in [2.05, 4.69) is 94.6 Å². The van der Waals surface area contributed by atoms with Gasteiger partial charge in [0.05, 0.1) is 20.0 Å². The monoisotopic (exact) mass is 401 g/mol. The number of hydrogen-bond donors (Lipinski definition) is 0. The lowest BCUT2D eigenvalue weighted by Gasteiger charge is -2.31. The zero-order chi connectivity index (χ0) is 21.6. The van der Waals surface area contributed by atoms with Crippen molar-refractivity contribution in [1.29, 1.82) is 0 Å². The molecule has 0 N–H and O–H groups in total. The summed E-state index contributed by atoms with van der Waals surface area (Å²) in [5.41, 5.74) is 5.80. The highest BCUT2D eigenvalue weighted by Gasteiger charge is 2.30. The van der Waals surface area contributed by atoms with Gasteiger partial charge >= 0.3 is 0 Å². The zero-order valence-corrected chi connectivity index (χ0v) is 20.1. The lowest BCUT2D eigenvalue weighted by molar-refractivity contribution is -0.659. The molecule has 0 radical (unpaired) electrons. The Morgan fingerprint density at radius 3 is 2.34 bits per heavy atom. The van der Waals surface area contributed by atoms with E-state index >= 15 is 0 Å². The predicted molar refractivity (Wildman–Crippen MR) is 128 cm³/mol. The maximum absolute atomic E-state index is 7.48. The summed E-state index contributed by atoms with van der Waals surface area (Å²) in [4.78, 5) is 3.70. The number of aryl methyl sites for hydroxylation is 2. The molecule has 1 aromatic heterocycles. The first-order valence-electron chi connectivity index (χ1n) is 10.3. The minimum absolute atomic E-state index is 0.341. The molecule has 3 rings (SSSR count). The fraction of sp³-hybridized carbons (Fsp3) is 0.385. The third-order valence-electron chi connectivity index (χ3n) is 5.93. The molecule has 3 aromatic rings. The molecule has 0 aliphatic carbocycles. The quantitative estimate of drug-likeness (QED) is 0.270. The van der Waals surface area contributed by atoms with Crippen molar-refractivity contribution in [1.82, 2.24) is 0 Å². The molecule has 150 valence electrons. The molecule has 2 nitrogen and oxygen atoms in total. The number of hydrogen-bond acceptors (Lipinski definition) is 0. The molecule has 0 fully saturated rings. The third-order valence-corrected chi connectivity index (χ3v) is 9.75. The summed E-state index contributed by atoms with van der Waals surface area (Å²) in [5, 5.41) is 4.06. The van der Waals surface area contributed by atoms with Crippen molar-refractivity contribution in [3.8, 4) is 11.3 Å². The largest absolute Gasteiger partial charge is 0.238 e. The van der Waals surface area contributed by atoms with E-state index in [1.54, 1.807) is 0 Å². The summed E-state index contributed by atoms with van der Waals surface area (Å²) in [6.45, 7) is 23.7. The van der Waals surface area contributed by atoms with E-state index in [0.29, 0.717) is 11.1 Å². The normalized spacial score (nSPS) is 12.2. The first-order chi connectivity index (χ1) is 13.4. The van der Waals surface area contributed by atoms with Gasteiger partial charge in [0.15, 0.2) is 11.9 Å². The van der Waals surface area contributed by atoms with E-state index < -0.39 is 8.07 Å². The van der Waals surface area contributed by atoms with E-state index in [0.717, 1.165) is 5.56 Å². The molecule has 0 aliphatic heterocycles. The second-order valence-corrected chi connectivity index (χ2v) is 14.9. The average molecular weight is 402 g/mol. The van der Waals surface area contributed by atoms with E-state index in [9.17, 15) is 0 Å². The van der Waals surface area contributed by atoms with Gasteiger partial charge in [0.1, 0.15) is 7.05 Å². The van der Waals surface area contributed by atoms with Gasteiger partial charge in [0.2, 0.25) is 5.69 Å². The Balaban J connectivity index is 2.23. The highest BCUT2D eigenvalue weighted by atomic mass is 28.3. The molecule has 0 saturated carbocycles. The molecule has 0 bridgehead atoms. The molecular weight excluding hydrogens is 368 g/mol. The molecule has 0 spiro atoms. The predicted octanol–water partition coefficient (Wildman–Crippen LogP) is 6.46.